The van der Waals surface area contributed by atoms with Gasteiger partial charge < -0.3 is 10.0 Å². The van der Waals surface area contributed by atoms with Crippen LogP contribution < -0.4 is 0 Å². The van der Waals surface area contributed by atoms with Gasteiger partial charge in [-0.25, -0.2) is 0 Å². The summed E-state index contributed by atoms with van der Waals surface area (Å²) in [6.07, 6.45) is 2.26. The van der Waals surface area contributed by atoms with E-state index in [4.69, 9.17) is 0 Å². The molecule has 0 saturated heterocycles. The average Bonchev–Trinajstić information content (AvgIpc) is 2.38. The van der Waals surface area contributed by atoms with Gasteiger partial charge in [-0.1, -0.05) is 26.0 Å². The van der Waals surface area contributed by atoms with E-state index in [1.165, 1.54) is 12.0 Å². The van der Waals surface area contributed by atoms with Crippen molar-refractivity contribution in [1.29, 1.82) is 0 Å². The van der Waals surface area contributed by atoms with Gasteiger partial charge in [0.05, 0.1) is 0 Å². The molecule has 0 heterocycles. The highest BCUT2D eigenvalue weighted by Gasteiger charge is 2.17. The zero-order chi connectivity index (χ0) is 14.3. The zero-order valence-electron chi connectivity index (χ0n) is 12.8. The molecule has 0 aromatic heterocycles. The van der Waals surface area contributed by atoms with Crippen molar-refractivity contribution in [3.8, 4) is 5.75 Å². The molecule has 0 saturated carbocycles. The number of phenolic OH excluding ortho intramolecular Hbond substituents is 1. The van der Waals surface area contributed by atoms with Gasteiger partial charge in [0.15, 0.2) is 0 Å². The van der Waals surface area contributed by atoms with Crippen LogP contribution in [0.2, 0.25) is 0 Å². The third-order valence-electron chi connectivity index (χ3n) is 3.45. The molecule has 1 atom stereocenters. The molecule has 0 radical (unpaired) electrons. The van der Waals surface area contributed by atoms with Crippen molar-refractivity contribution in [3.05, 3.63) is 29.8 Å². The molecule has 0 fully saturated rings. The Morgan fingerprint density at radius 3 is 2.11 bits per heavy atom. The third kappa shape index (κ3) is 5.21. The summed E-state index contributed by atoms with van der Waals surface area (Å²) in [6.45, 7) is 7.74. The summed E-state index contributed by atoms with van der Waals surface area (Å²) in [7, 11) is 4.23. The highest BCUT2D eigenvalue weighted by Crippen LogP contribution is 2.25. The van der Waals surface area contributed by atoms with E-state index in [1.807, 2.05) is 12.1 Å². The number of hydrogen-bond donors (Lipinski definition) is 1. The lowest BCUT2D eigenvalue weighted by molar-refractivity contribution is 0.174. The van der Waals surface area contributed by atoms with Crippen molar-refractivity contribution < 1.29 is 5.11 Å². The van der Waals surface area contributed by atoms with Gasteiger partial charge in [0.2, 0.25) is 0 Å². The molecule has 0 aliphatic carbocycles. The quantitative estimate of drug-likeness (QED) is 0.781. The van der Waals surface area contributed by atoms with E-state index in [1.54, 1.807) is 12.1 Å². The van der Waals surface area contributed by atoms with E-state index in [-0.39, 0.29) is 0 Å². The first-order chi connectivity index (χ1) is 9.08. The Bertz CT molecular complexity index is 348. The maximum absolute atomic E-state index is 9.41. The zero-order valence-corrected chi connectivity index (χ0v) is 12.8. The van der Waals surface area contributed by atoms with E-state index in [9.17, 15) is 5.11 Å². The Morgan fingerprint density at radius 2 is 1.63 bits per heavy atom. The Balaban J connectivity index is 2.79. The van der Waals surface area contributed by atoms with Crippen LogP contribution in [0.3, 0.4) is 0 Å². The molecule has 3 heteroatoms. The summed E-state index contributed by atoms with van der Waals surface area (Å²) in [6, 6.07) is 8.10. The van der Waals surface area contributed by atoms with Crippen molar-refractivity contribution in [1.82, 2.24) is 9.80 Å². The van der Waals surface area contributed by atoms with Crippen LogP contribution in [0.5, 0.6) is 5.75 Å². The number of aromatic hydroxyl groups is 1. The summed E-state index contributed by atoms with van der Waals surface area (Å²) >= 11 is 0. The monoisotopic (exact) mass is 264 g/mol. The topological polar surface area (TPSA) is 26.7 Å². The predicted molar refractivity (Wildman–Crippen MR) is 81.6 cm³/mol. The molecule has 1 N–H and O–H groups in total. The Labute approximate surface area is 117 Å². The van der Waals surface area contributed by atoms with Crippen LogP contribution in [0.4, 0.5) is 0 Å². The van der Waals surface area contributed by atoms with Crippen molar-refractivity contribution in [2.24, 2.45) is 0 Å². The standard InChI is InChI=1S/C16H28N2O/c1-5-11-18(13-12-17(3)4)16(6-2)14-7-9-15(19)10-8-14/h7-10,16,19H,5-6,11-13H2,1-4H3. The lowest BCUT2D eigenvalue weighted by Gasteiger charge is -2.32. The molecule has 1 aromatic carbocycles. The maximum atomic E-state index is 9.41. The largest absolute Gasteiger partial charge is 0.508 e. The fourth-order valence-electron chi connectivity index (χ4n) is 2.44. The fourth-order valence-corrected chi connectivity index (χ4v) is 2.44. The van der Waals surface area contributed by atoms with Crippen LogP contribution >= 0.6 is 0 Å². The van der Waals surface area contributed by atoms with Gasteiger partial charge in [-0.2, -0.15) is 0 Å². The predicted octanol–water partition coefficient (Wildman–Crippen LogP) is 3.12. The minimum Gasteiger partial charge on any atom is -0.508 e. The second-order valence-corrected chi connectivity index (χ2v) is 5.35. The fraction of sp³-hybridized carbons (Fsp3) is 0.625. The van der Waals surface area contributed by atoms with Gasteiger partial charge in [0, 0.05) is 19.1 Å². The molecular formula is C16H28N2O. The van der Waals surface area contributed by atoms with E-state index in [0.717, 1.165) is 26.1 Å². The first-order valence-electron chi connectivity index (χ1n) is 7.26. The summed E-state index contributed by atoms with van der Waals surface area (Å²) < 4.78 is 0. The van der Waals surface area contributed by atoms with Crippen molar-refractivity contribution >= 4 is 0 Å². The van der Waals surface area contributed by atoms with E-state index in [2.05, 4.69) is 37.7 Å². The summed E-state index contributed by atoms with van der Waals surface area (Å²) in [5, 5.41) is 9.41. The number of hydrogen-bond acceptors (Lipinski definition) is 3. The van der Waals surface area contributed by atoms with Gasteiger partial charge in [-0.3, -0.25) is 4.90 Å². The SMILES string of the molecule is CCCN(CCN(C)C)C(CC)c1ccc(O)cc1. The molecule has 0 spiro atoms. The molecule has 0 aliphatic heterocycles. The molecule has 108 valence electrons. The molecular weight excluding hydrogens is 236 g/mol. The Hall–Kier alpha value is -1.06. The number of nitrogens with zero attached hydrogens (tertiary/aromatic N) is 2. The first kappa shape index (κ1) is 16.0. The van der Waals surface area contributed by atoms with Gasteiger partial charge in [0.1, 0.15) is 5.75 Å². The van der Waals surface area contributed by atoms with Gasteiger partial charge in [-0.05, 0) is 51.2 Å². The normalized spacial score (nSPS) is 13.2. The van der Waals surface area contributed by atoms with Crippen LogP contribution in [-0.2, 0) is 0 Å². The number of rotatable bonds is 8. The highest BCUT2D eigenvalue weighted by molar-refractivity contribution is 5.28. The minimum atomic E-state index is 0.342. The van der Waals surface area contributed by atoms with E-state index < -0.39 is 0 Å². The van der Waals surface area contributed by atoms with Crippen LogP contribution in [-0.4, -0.2) is 48.6 Å². The van der Waals surface area contributed by atoms with Crippen molar-refractivity contribution in [3.63, 3.8) is 0 Å². The third-order valence-corrected chi connectivity index (χ3v) is 3.45. The molecule has 0 bridgehead atoms. The first-order valence-corrected chi connectivity index (χ1v) is 7.26. The minimum absolute atomic E-state index is 0.342. The van der Waals surface area contributed by atoms with Crippen molar-refractivity contribution in [2.75, 3.05) is 33.7 Å². The van der Waals surface area contributed by atoms with Crippen molar-refractivity contribution in [2.45, 2.75) is 32.7 Å². The van der Waals surface area contributed by atoms with E-state index in [0.29, 0.717) is 11.8 Å². The Kier molecular flexibility index (Phi) is 6.89. The number of phenols is 1. The second-order valence-electron chi connectivity index (χ2n) is 5.35. The molecule has 1 aromatic rings. The molecule has 0 amide bonds. The number of benzene rings is 1. The van der Waals surface area contributed by atoms with Crippen LogP contribution in [0.15, 0.2) is 24.3 Å². The smallest absolute Gasteiger partial charge is 0.115 e. The number of likely N-dealkylation sites (N-methyl/N-ethyl adjacent to an activating group) is 1. The average molecular weight is 264 g/mol. The van der Waals surface area contributed by atoms with E-state index >= 15 is 0 Å². The lowest BCUT2D eigenvalue weighted by atomic mass is 10.0. The summed E-state index contributed by atoms with van der Waals surface area (Å²) in [4.78, 5) is 4.78. The molecule has 1 unspecified atom stereocenters. The molecule has 0 aliphatic rings. The molecule has 1 rings (SSSR count). The lowest BCUT2D eigenvalue weighted by Crippen LogP contribution is -2.35. The van der Waals surface area contributed by atoms with Gasteiger partial charge in [0.25, 0.3) is 0 Å². The Morgan fingerprint density at radius 1 is 1.00 bits per heavy atom. The van der Waals surface area contributed by atoms with Gasteiger partial charge in [-0.15, -0.1) is 0 Å². The van der Waals surface area contributed by atoms with Crippen LogP contribution in [0, 0.1) is 0 Å². The second kappa shape index (κ2) is 8.18. The van der Waals surface area contributed by atoms with Crippen LogP contribution in [0.1, 0.15) is 38.3 Å². The molecule has 3 nitrogen and oxygen atoms in total. The molecule has 19 heavy (non-hydrogen) atoms. The summed E-state index contributed by atoms with van der Waals surface area (Å²) in [5.74, 6) is 0.342. The summed E-state index contributed by atoms with van der Waals surface area (Å²) in [5.41, 5.74) is 1.30. The maximum Gasteiger partial charge on any atom is 0.115 e. The van der Waals surface area contributed by atoms with Gasteiger partial charge >= 0.3 is 0 Å². The highest BCUT2D eigenvalue weighted by atomic mass is 16.3. The van der Waals surface area contributed by atoms with Crippen LogP contribution in [0.25, 0.3) is 0 Å².